The minimum absolute atomic E-state index is 0.195. The number of piperidine rings is 1. The Hall–Kier alpha value is -2.32. The minimum atomic E-state index is 0.195. The second-order valence-electron chi connectivity index (χ2n) is 6.60. The summed E-state index contributed by atoms with van der Waals surface area (Å²) < 4.78 is 24.5. The Balaban J connectivity index is 1.56. The normalized spacial score (nSPS) is 22.4. The Morgan fingerprint density at radius 1 is 1.15 bits per heavy atom. The summed E-state index contributed by atoms with van der Waals surface area (Å²) in [5.41, 5.74) is 2.11. The second-order valence-corrected chi connectivity index (χ2v) is 6.60. The van der Waals surface area contributed by atoms with E-state index in [1.54, 1.807) is 27.5 Å². The molecule has 0 radical (unpaired) electrons. The first kappa shape index (κ1) is 17.1. The molecule has 0 amide bonds. The highest BCUT2D eigenvalue weighted by atomic mass is 16.5. The van der Waals surface area contributed by atoms with Crippen molar-refractivity contribution in [2.75, 3.05) is 34.4 Å². The highest BCUT2D eigenvalue weighted by molar-refractivity contribution is 5.55. The van der Waals surface area contributed by atoms with E-state index in [1.165, 1.54) is 0 Å². The summed E-state index contributed by atoms with van der Waals surface area (Å²) in [4.78, 5) is 2.39. The lowest BCUT2D eigenvalue weighted by Crippen LogP contribution is -2.47. The molecule has 3 heterocycles. The molecule has 4 rings (SSSR count). The van der Waals surface area contributed by atoms with E-state index >= 15 is 0 Å². The molecule has 0 aliphatic carbocycles. The first-order chi connectivity index (χ1) is 12.7. The van der Waals surface area contributed by atoms with Crippen molar-refractivity contribution in [1.82, 2.24) is 19.9 Å². The van der Waals surface area contributed by atoms with Gasteiger partial charge in [-0.3, -0.25) is 4.90 Å². The quantitative estimate of drug-likeness (QED) is 0.803. The largest absolute Gasteiger partial charge is 0.493 e. The van der Waals surface area contributed by atoms with Crippen molar-refractivity contribution in [2.45, 2.75) is 31.7 Å². The molecular weight excluding hydrogens is 336 g/mol. The Bertz CT molecular complexity index is 779. The van der Waals surface area contributed by atoms with E-state index in [-0.39, 0.29) is 12.1 Å². The standard InChI is InChI=1S/C18H24N4O4/c1-23-16-5-4-12(17(24-2)18(16)25-3)9-21-7-6-15-14(10-21)22-13(11-26-15)8-19-20-22/h4-5,8,14-15H,6-7,9-11H2,1-3H3/t14-,15-/m1/s1. The third kappa shape index (κ3) is 2.89. The van der Waals surface area contributed by atoms with Crippen LogP contribution >= 0.6 is 0 Å². The average molecular weight is 360 g/mol. The molecule has 1 aromatic heterocycles. The molecule has 0 spiro atoms. The first-order valence-electron chi connectivity index (χ1n) is 8.76. The fourth-order valence-corrected chi connectivity index (χ4v) is 3.92. The molecule has 1 aromatic carbocycles. The molecule has 8 nitrogen and oxygen atoms in total. The molecule has 1 fully saturated rings. The zero-order valence-electron chi connectivity index (χ0n) is 15.3. The van der Waals surface area contributed by atoms with Crippen molar-refractivity contribution in [1.29, 1.82) is 0 Å². The summed E-state index contributed by atoms with van der Waals surface area (Å²) in [6.45, 7) is 3.18. The lowest BCUT2D eigenvalue weighted by molar-refractivity contribution is -0.0670. The van der Waals surface area contributed by atoms with Gasteiger partial charge in [0.05, 0.1) is 52.0 Å². The molecule has 2 aliphatic rings. The number of hydrogen-bond acceptors (Lipinski definition) is 7. The first-order valence-corrected chi connectivity index (χ1v) is 8.76. The molecule has 2 aromatic rings. The van der Waals surface area contributed by atoms with Crippen LogP contribution < -0.4 is 14.2 Å². The van der Waals surface area contributed by atoms with Gasteiger partial charge in [0, 0.05) is 25.2 Å². The van der Waals surface area contributed by atoms with Crippen molar-refractivity contribution >= 4 is 0 Å². The van der Waals surface area contributed by atoms with Crippen molar-refractivity contribution in [3.63, 3.8) is 0 Å². The molecule has 2 aliphatic heterocycles. The number of nitrogens with zero attached hydrogens (tertiary/aromatic N) is 4. The molecule has 140 valence electrons. The third-order valence-electron chi connectivity index (χ3n) is 5.19. The highest BCUT2D eigenvalue weighted by Gasteiger charge is 2.36. The van der Waals surface area contributed by atoms with Gasteiger partial charge in [-0.15, -0.1) is 5.10 Å². The van der Waals surface area contributed by atoms with Gasteiger partial charge < -0.3 is 18.9 Å². The molecule has 0 N–H and O–H groups in total. The highest BCUT2D eigenvalue weighted by Crippen LogP contribution is 2.41. The Labute approximate surface area is 152 Å². The van der Waals surface area contributed by atoms with Gasteiger partial charge in [-0.25, -0.2) is 4.68 Å². The van der Waals surface area contributed by atoms with Gasteiger partial charge in [0.1, 0.15) is 0 Å². The van der Waals surface area contributed by atoms with Gasteiger partial charge in [-0.1, -0.05) is 11.3 Å². The van der Waals surface area contributed by atoms with E-state index < -0.39 is 0 Å². The zero-order chi connectivity index (χ0) is 18.1. The monoisotopic (exact) mass is 360 g/mol. The number of methoxy groups -OCH3 is 3. The summed E-state index contributed by atoms with van der Waals surface area (Å²) in [5.74, 6) is 2.01. The van der Waals surface area contributed by atoms with Gasteiger partial charge in [0.25, 0.3) is 0 Å². The molecule has 0 saturated carbocycles. The van der Waals surface area contributed by atoms with Crippen LogP contribution in [-0.2, 0) is 17.9 Å². The van der Waals surface area contributed by atoms with Crippen molar-refractivity contribution in [3.05, 3.63) is 29.6 Å². The van der Waals surface area contributed by atoms with Crippen LogP contribution in [0.3, 0.4) is 0 Å². The van der Waals surface area contributed by atoms with Crippen LogP contribution in [0.15, 0.2) is 18.3 Å². The fraction of sp³-hybridized carbons (Fsp3) is 0.556. The van der Waals surface area contributed by atoms with Gasteiger partial charge in [-0.05, 0) is 12.5 Å². The zero-order valence-corrected chi connectivity index (χ0v) is 15.3. The number of fused-ring (bicyclic) bond motifs is 3. The maximum absolute atomic E-state index is 5.99. The van der Waals surface area contributed by atoms with Crippen LogP contribution in [-0.4, -0.2) is 60.4 Å². The van der Waals surface area contributed by atoms with Gasteiger partial charge in [0.2, 0.25) is 5.75 Å². The number of aromatic nitrogens is 3. The van der Waals surface area contributed by atoms with E-state index in [0.29, 0.717) is 18.1 Å². The molecule has 0 bridgehead atoms. The molecule has 26 heavy (non-hydrogen) atoms. The average Bonchev–Trinajstić information content (AvgIpc) is 3.16. The molecule has 1 saturated heterocycles. The van der Waals surface area contributed by atoms with Crippen molar-refractivity contribution < 1.29 is 18.9 Å². The predicted octanol–water partition coefficient (Wildman–Crippen LogP) is 1.65. The van der Waals surface area contributed by atoms with E-state index in [9.17, 15) is 0 Å². The SMILES string of the molecule is COc1ccc(CN2CC[C@H]3OCc4cnnn4[C@@H]3C2)c(OC)c1OC. The minimum Gasteiger partial charge on any atom is -0.493 e. The number of ether oxygens (including phenoxy) is 4. The summed E-state index contributed by atoms with van der Waals surface area (Å²) >= 11 is 0. The van der Waals surface area contributed by atoms with Crippen LogP contribution in [0, 0.1) is 0 Å². The van der Waals surface area contributed by atoms with Crippen LogP contribution in [0.2, 0.25) is 0 Å². The van der Waals surface area contributed by atoms with E-state index in [0.717, 1.165) is 43.1 Å². The third-order valence-corrected chi connectivity index (χ3v) is 5.19. The fourth-order valence-electron chi connectivity index (χ4n) is 3.92. The second kappa shape index (κ2) is 7.13. The van der Waals surface area contributed by atoms with Gasteiger partial charge in [0.15, 0.2) is 11.5 Å². The van der Waals surface area contributed by atoms with Crippen molar-refractivity contribution in [3.8, 4) is 17.2 Å². The van der Waals surface area contributed by atoms with E-state index in [2.05, 4.69) is 15.2 Å². The van der Waals surface area contributed by atoms with Gasteiger partial charge in [-0.2, -0.15) is 0 Å². The van der Waals surface area contributed by atoms with Crippen LogP contribution in [0.4, 0.5) is 0 Å². The van der Waals surface area contributed by atoms with Crippen LogP contribution in [0.25, 0.3) is 0 Å². The molecule has 0 unspecified atom stereocenters. The predicted molar refractivity (Wildman–Crippen MR) is 93.6 cm³/mol. The van der Waals surface area contributed by atoms with E-state index in [1.807, 2.05) is 16.8 Å². The number of likely N-dealkylation sites (tertiary alicyclic amines) is 1. The number of hydrogen-bond donors (Lipinski definition) is 0. The summed E-state index contributed by atoms with van der Waals surface area (Å²) in [6.07, 6.45) is 2.96. The summed E-state index contributed by atoms with van der Waals surface area (Å²) in [7, 11) is 4.91. The maximum Gasteiger partial charge on any atom is 0.203 e. The Kier molecular flexibility index (Phi) is 4.69. The number of benzene rings is 1. The maximum atomic E-state index is 5.99. The van der Waals surface area contributed by atoms with Crippen molar-refractivity contribution in [2.24, 2.45) is 0 Å². The Morgan fingerprint density at radius 3 is 2.77 bits per heavy atom. The summed E-state index contributed by atoms with van der Waals surface area (Å²) in [6, 6.07) is 4.15. The smallest absolute Gasteiger partial charge is 0.203 e. The molecule has 8 heteroatoms. The lowest BCUT2D eigenvalue weighted by atomic mass is 9.99. The van der Waals surface area contributed by atoms with E-state index in [4.69, 9.17) is 18.9 Å². The topological polar surface area (TPSA) is 70.9 Å². The molecular formula is C18H24N4O4. The van der Waals surface area contributed by atoms with Crippen LogP contribution in [0.1, 0.15) is 23.7 Å². The van der Waals surface area contributed by atoms with Crippen LogP contribution in [0.5, 0.6) is 17.2 Å². The molecule has 2 atom stereocenters. The lowest BCUT2D eigenvalue weighted by Gasteiger charge is -2.41. The Morgan fingerprint density at radius 2 is 2.00 bits per heavy atom. The van der Waals surface area contributed by atoms with Gasteiger partial charge >= 0.3 is 0 Å². The number of rotatable bonds is 5. The summed E-state index contributed by atoms with van der Waals surface area (Å²) in [5, 5.41) is 8.30.